The third-order valence-electron chi connectivity index (χ3n) is 2.80. The van der Waals surface area contributed by atoms with Crippen molar-refractivity contribution in [2.45, 2.75) is 32.1 Å². The summed E-state index contributed by atoms with van der Waals surface area (Å²) in [6.45, 7) is 0. The summed E-state index contributed by atoms with van der Waals surface area (Å²) in [5.41, 5.74) is 0. The predicted molar refractivity (Wildman–Crippen MR) is 35.1 cm³/mol. The fourth-order valence-electron chi connectivity index (χ4n) is 2.32. The highest BCUT2D eigenvalue weighted by atomic mass is 16.1. The molecule has 50 valence electrons. The van der Waals surface area contributed by atoms with Crippen molar-refractivity contribution in [1.82, 2.24) is 0 Å². The Balaban J connectivity index is 2.09. The Morgan fingerprint density at radius 1 is 1.11 bits per heavy atom. The molecule has 2 saturated carbocycles. The van der Waals surface area contributed by atoms with E-state index in [1.54, 1.807) is 0 Å². The van der Waals surface area contributed by atoms with Crippen molar-refractivity contribution >= 4 is 5.78 Å². The molecule has 0 amide bonds. The number of fused-ring (bicyclic) bond motifs is 1. The maximum atomic E-state index is 10.9. The first-order valence-corrected chi connectivity index (χ1v) is 3.88. The molecule has 2 fully saturated rings. The molecule has 1 heteroatoms. The summed E-state index contributed by atoms with van der Waals surface area (Å²) in [4.78, 5) is 10.9. The fraction of sp³-hybridized carbons (Fsp3) is 0.875. The van der Waals surface area contributed by atoms with Crippen LogP contribution in [0.1, 0.15) is 32.1 Å². The molecule has 0 N–H and O–H groups in total. The average molecular weight is 124 g/mol. The van der Waals surface area contributed by atoms with Crippen molar-refractivity contribution in [3.05, 3.63) is 0 Å². The van der Waals surface area contributed by atoms with Gasteiger partial charge in [0.2, 0.25) is 0 Å². The van der Waals surface area contributed by atoms with Crippen LogP contribution in [0.15, 0.2) is 0 Å². The summed E-state index contributed by atoms with van der Waals surface area (Å²) < 4.78 is 0. The van der Waals surface area contributed by atoms with Gasteiger partial charge in [0.15, 0.2) is 0 Å². The molecular formula is C8H12O. The first kappa shape index (κ1) is 5.45. The van der Waals surface area contributed by atoms with Crippen LogP contribution >= 0.6 is 0 Å². The van der Waals surface area contributed by atoms with Crippen molar-refractivity contribution in [2.75, 3.05) is 0 Å². The molecule has 0 aromatic heterocycles. The molecule has 0 radical (unpaired) electrons. The Hall–Kier alpha value is -0.330. The third-order valence-corrected chi connectivity index (χ3v) is 2.80. The number of hydrogen-bond donors (Lipinski definition) is 0. The molecule has 0 aromatic rings. The maximum absolute atomic E-state index is 10.9. The number of Topliss-reactive ketones (excluding diaryl/α,β-unsaturated/α-hetero) is 1. The van der Waals surface area contributed by atoms with E-state index in [4.69, 9.17) is 0 Å². The predicted octanol–water partition coefficient (Wildman–Crippen LogP) is 1.77. The van der Waals surface area contributed by atoms with Crippen molar-refractivity contribution in [3.63, 3.8) is 0 Å². The summed E-state index contributed by atoms with van der Waals surface area (Å²) in [5.74, 6) is 2.12. The van der Waals surface area contributed by atoms with Crippen LogP contribution in [0.25, 0.3) is 0 Å². The Morgan fingerprint density at radius 3 is 2.22 bits per heavy atom. The molecular weight excluding hydrogens is 112 g/mol. The van der Waals surface area contributed by atoms with Gasteiger partial charge in [0.25, 0.3) is 0 Å². The first-order chi connectivity index (χ1) is 4.36. The fourth-order valence-corrected chi connectivity index (χ4v) is 2.32. The van der Waals surface area contributed by atoms with Gasteiger partial charge in [0, 0.05) is 12.8 Å². The van der Waals surface area contributed by atoms with E-state index in [1.165, 1.54) is 19.3 Å². The van der Waals surface area contributed by atoms with Crippen LogP contribution in [0.2, 0.25) is 0 Å². The minimum absolute atomic E-state index is 0.518. The van der Waals surface area contributed by atoms with Gasteiger partial charge in [-0.3, -0.25) is 4.79 Å². The normalized spacial score (nSPS) is 41.6. The summed E-state index contributed by atoms with van der Waals surface area (Å²) >= 11 is 0. The molecule has 2 atom stereocenters. The Labute approximate surface area is 55.4 Å². The van der Waals surface area contributed by atoms with Crippen molar-refractivity contribution in [2.24, 2.45) is 11.8 Å². The molecule has 2 aliphatic rings. The van der Waals surface area contributed by atoms with Crippen LogP contribution in [0.4, 0.5) is 0 Å². The first-order valence-electron chi connectivity index (χ1n) is 3.88. The van der Waals surface area contributed by atoms with Gasteiger partial charge in [0.05, 0.1) is 0 Å². The highest BCUT2D eigenvalue weighted by molar-refractivity contribution is 5.81. The van der Waals surface area contributed by atoms with E-state index in [2.05, 4.69) is 0 Å². The van der Waals surface area contributed by atoms with Gasteiger partial charge >= 0.3 is 0 Å². The molecule has 2 rings (SSSR count). The van der Waals surface area contributed by atoms with Gasteiger partial charge in [0.1, 0.15) is 5.78 Å². The van der Waals surface area contributed by atoms with E-state index in [0.29, 0.717) is 5.78 Å². The molecule has 0 spiro atoms. The number of rotatable bonds is 0. The molecule has 0 saturated heterocycles. The largest absolute Gasteiger partial charge is 0.300 e. The Morgan fingerprint density at radius 2 is 1.67 bits per heavy atom. The third kappa shape index (κ3) is 0.790. The van der Waals surface area contributed by atoms with Crippen LogP contribution in [0.3, 0.4) is 0 Å². The molecule has 0 unspecified atom stereocenters. The minimum atomic E-state index is 0.518. The molecule has 0 aliphatic heterocycles. The van der Waals surface area contributed by atoms with Crippen molar-refractivity contribution < 1.29 is 4.79 Å². The maximum Gasteiger partial charge on any atom is 0.133 e. The van der Waals surface area contributed by atoms with E-state index in [-0.39, 0.29) is 0 Å². The van der Waals surface area contributed by atoms with E-state index < -0.39 is 0 Å². The quantitative estimate of drug-likeness (QED) is 0.481. The average Bonchev–Trinajstić information content (AvgIpc) is 2.22. The number of ketones is 1. The molecule has 0 bridgehead atoms. The van der Waals surface area contributed by atoms with Crippen LogP contribution in [0.5, 0.6) is 0 Å². The molecule has 9 heavy (non-hydrogen) atoms. The lowest BCUT2D eigenvalue weighted by atomic mass is 10.0. The van der Waals surface area contributed by atoms with Crippen LogP contribution in [-0.4, -0.2) is 5.78 Å². The van der Waals surface area contributed by atoms with E-state index in [9.17, 15) is 4.79 Å². The Bertz CT molecular complexity index is 126. The van der Waals surface area contributed by atoms with Gasteiger partial charge < -0.3 is 0 Å². The smallest absolute Gasteiger partial charge is 0.133 e. The van der Waals surface area contributed by atoms with E-state index >= 15 is 0 Å². The van der Waals surface area contributed by atoms with Gasteiger partial charge in [-0.05, 0) is 24.7 Å². The number of carbonyl (C=O) groups is 1. The zero-order valence-electron chi connectivity index (χ0n) is 5.60. The lowest BCUT2D eigenvalue weighted by molar-refractivity contribution is -0.117. The molecule has 1 nitrogen and oxygen atoms in total. The highest BCUT2D eigenvalue weighted by Gasteiger charge is 2.35. The standard InChI is InChI=1S/C8H12O/c9-8-4-6-2-1-3-7(6)5-8/h6-7H,1-5H2/t6-,7-/m0/s1. The van der Waals surface area contributed by atoms with E-state index in [0.717, 1.165) is 24.7 Å². The zero-order chi connectivity index (χ0) is 6.27. The van der Waals surface area contributed by atoms with Gasteiger partial charge in [-0.1, -0.05) is 6.42 Å². The summed E-state index contributed by atoms with van der Waals surface area (Å²) in [6.07, 6.45) is 5.85. The van der Waals surface area contributed by atoms with Gasteiger partial charge in [-0.25, -0.2) is 0 Å². The lowest BCUT2D eigenvalue weighted by Crippen LogP contribution is -1.95. The second-order valence-electron chi connectivity index (χ2n) is 3.40. The van der Waals surface area contributed by atoms with Gasteiger partial charge in [-0.2, -0.15) is 0 Å². The zero-order valence-corrected chi connectivity index (χ0v) is 5.60. The highest BCUT2D eigenvalue weighted by Crippen LogP contribution is 2.41. The van der Waals surface area contributed by atoms with Crippen LogP contribution in [0, 0.1) is 11.8 Å². The van der Waals surface area contributed by atoms with Gasteiger partial charge in [-0.15, -0.1) is 0 Å². The molecule has 0 heterocycles. The Kier molecular flexibility index (Phi) is 1.11. The van der Waals surface area contributed by atoms with E-state index in [1.807, 2.05) is 0 Å². The second kappa shape index (κ2) is 1.83. The van der Waals surface area contributed by atoms with Crippen molar-refractivity contribution in [3.8, 4) is 0 Å². The van der Waals surface area contributed by atoms with Crippen LogP contribution in [-0.2, 0) is 4.79 Å². The van der Waals surface area contributed by atoms with Crippen LogP contribution < -0.4 is 0 Å². The SMILES string of the molecule is O=C1C[C@@H]2CCC[C@H]2C1. The summed E-state index contributed by atoms with van der Waals surface area (Å²) in [7, 11) is 0. The second-order valence-corrected chi connectivity index (χ2v) is 3.40. The molecule has 0 aromatic carbocycles. The lowest BCUT2D eigenvalue weighted by Gasteiger charge is -2.03. The number of hydrogen-bond acceptors (Lipinski definition) is 1. The monoisotopic (exact) mass is 124 g/mol. The topological polar surface area (TPSA) is 17.1 Å². The number of carbonyl (C=O) groups excluding carboxylic acids is 1. The summed E-state index contributed by atoms with van der Waals surface area (Å²) in [6, 6.07) is 0. The molecule has 2 aliphatic carbocycles. The minimum Gasteiger partial charge on any atom is -0.300 e. The van der Waals surface area contributed by atoms with Crippen molar-refractivity contribution in [1.29, 1.82) is 0 Å². The summed E-state index contributed by atoms with van der Waals surface area (Å²) in [5, 5.41) is 0.